The summed E-state index contributed by atoms with van der Waals surface area (Å²) >= 11 is 0. The molecule has 1 aliphatic heterocycles. The third-order valence-corrected chi connectivity index (χ3v) is 4.01. The fourth-order valence-corrected chi connectivity index (χ4v) is 2.71. The van der Waals surface area contributed by atoms with Crippen molar-refractivity contribution in [3.8, 4) is 0 Å². The van der Waals surface area contributed by atoms with Crippen molar-refractivity contribution in [3.05, 3.63) is 12.2 Å². The van der Waals surface area contributed by atoms with Gasteiger partial charge in [0, 0.05) is 11.8 Å². The second kappa shape index (κ2) is 3.07. The molecule has 0 amide bonds. The van der Waals surface area contributed by atoms with Crippen molar-refractivity contribution in [2.45, 2.75) is 39.4 Å². The van der Waals surface area contributed by atoms with Crippen molar-refractivity contribution in [2.75, 3.05) is 13.2 Å². The number of hydrogen-bond acceptors (Lipinski definition) is 2. The molecule has 1 aliphatic carbocycles. The quantitative estimate of drug-likeness (QED) is 0.555. The molecule has 0 aromatic rings. The van der Waals surface area contributed by atoms with Gasteiger partial charge >= 0.3 is 0 Å². The standard InChI is InChI=1S/C12H20O2/c1-9-5-6-12(13-7-8-14-12)11(3,4)10(9)2/h9H,2,5-8H2,1,3-4H3. The smallest absolute Gasteiger partial charge is 0.177 e. The topological polar surface area (TPSA) is 18.5 Å². The van der Waals surface area contributed by atoms with Crippen LogP contribution in [0.2, 0.25) is 0 Å². The maximum absolute atomic E-state index is 5.83. The molecule has 2 fully saturated rings. The highest BCUT2D eigenvalue weighted by Gasteiger charge is 2.54. The molecule has 2 rings (SSSR count). The monoisotopic (exact) mass is 196 g/mol. The molecule has 1 atom stereocenters. The van der Waals surface area contributed by atoms with Gasteiger partial charge in [0.25, 0.3) is 0 Å². The fraction of sp³-hybridized carbons (Fsp3) is 0.833. The van der Waals surface area contributed by atoms with Gasteiger partial charge in [-0.3, -0.25) is 0 Å². The van der Waals surface area contributed by atoms with E-state index in [1.54, 1.807) is 0 Å². The predicted molar refractivity (Wildman–Crippen MR) is 56.0 cm³/mol. The van der Waals surface area contributed by atoms with E-state index in [4.69, 9.17) is 9.47 Å². The van der Waals surface area contributed by atoms with Crippen molar-refractivity contribution in [3.63, 3.8) is 0 Å². The number of ether oxygens (including phenoxy) is 2. The lowest BCUT2D eigenvalue weighted by Crippen LogP contribution is -2.51. The summed E-state index contributed by atoms with van der Waals surface area (Å²) in [7, 11) is 0. The van der Waals surface area contributed by atoms with Crippen LogP contribution in [0.25, 0.3) is 0 Å². The van der Waals surface area contributed by atoms with Crippen LogP contribution in [0.4, 0.5) is 0 Å². The molecular formula is C12H20O2. The van der Waals surface area contributed by atoms with E-state index in [-0.39, 0.29) is 11.2 Å². The van der Waals surface area contributed by atoms with Gasteiger partial charge in [0.15, 0.2) is 5.79 Å². The largest absolute Gasteiger partial charge is 0.347 e. The Bertz CT molecular complexity index is 249. The molecule has 1 heterocycles. The van der Waals surface area contributed by atoms with Crippen LogP contribution in [0.5, 0.6) is 0 Å². The fourth-order valence-electron chi connectivity index (χ4n) is 2.71. The SMILES string of the molecule is C=C1C(C)CCC2(OCCO2)C1(C)C. The van der Waals surface area contributed by atoms with Gasteiger partial charge in [0.2, 0.25) is 0 Å². The van der Waals surface area contributed by atoms with Crippen LogP contribution in [0, 0.1) is 11.3 Å². The number of rotatable bonds is 0. The van der Waals surface area contributed by atoms with Gasteiger partial charge in [-0.1, -0.05) is 32.9 Å². The number of hydrogen-bond donors (Lipinski definition) is 0. The van der Waals surface area contributed by atoms with E-state index in [0.29, 0.717) is 5.92 Å². The molecule has 0 aromatic carbocycles. The minimum absolute atomic E-state index is 0.0544. The van der Waals surface area contributed by atoms with Crippen molar-refractivity contribution in [2.24, 2.45) is 11.3 Å². The highest BCUT2D eigenvalue weighted by Crippen LogP contribution is 2.52. The molecule has 2 aliphatic rings. The molecule has 14 heavy (non-hydrogen) atoms. The van der Waals surface area contributed by atoms with E-state index < -0.39 is 0 Å². The maximum Gasteiger partial charge on any atom is 0.177 e. The van der Waals surface area contributed by atoms with Gasteiger partial charge in [-0.2, -0.15) is 0 Å². The van der Waals surface area contributed by atoms with E-state index in [1.807, 2.05) is 0 Å². The molecule has 1 unspecified atom stereocenters. The second-order valence-electron chi connectivity index (χ2n) is 5.04. The highest BCUT2D eigenvalue weighted by molar-refractivity contribution is 5.19. The third kappa shape index (κ3) is 1.17. The van der Waals surface area contributed by atoms with Crippen LogP contribution in [0.1, 0.15) is 33.6 Å². The third-order valence-electron chi connectivity index (χ3n) is 4.01. The van der Waals surface area contributed by atoms with Crippen molar-refractivity contribution < 1.29 is 9.47 Å². The molecule has 0 N–H and O–H groups in total. The Labute approximate surface area is 86.3 Å². The van der Waals surface area contributed by atoms with E-state index >= 15 is 0 Å². The summed E-state index contributed by atoms with van der Waals surface area (Å²) in [6.07, 6.45) is 2.13. The normalized spacial score (nSPS) is 35.1. The van der Waals surface area contributed by atoms with Crippen molar-refractivity contribution in [1.82, 2.24) is 0 Å². The van der Waals surface area contributed by atoms with Gasteiger partial charge in [0.05, 0.1) is 13.2 Å². The Kier molecular flexibility index (Phi) is 2.24. The molecule has 2 heteroatoms. The van der Waals surface area contributed by atoms with Crippen LogP contribution in [-0.4, -0.2) is 19.0 Å². The van der Waals surface area contributed by atoms with Crippen molar-refractivity contribution in [1.29, 1.82) is 0 Å². The molecule has 0 radical (unpaired) electrons. The predicted octanol–water partition coefficient (Wildman–Crippen LogP) is 2.74. The molecule has 80 valence electrons. The summed E-state index contributed by atoms with van der Waals surface area (Å²) in [6, 6.07) is 0. The average Bonchev–Trinajstić information content (AvgIpc) is 2.60. The Morgan fingerprint density at radius 1 is 1.29 bits per heavy atom. The van der Waals surface area contributed by atoms with E-state index in [2.05, 4.69) is 27.4 Å². The first kappa shape index (κ1) is 10.2. The Morgan fingerprint density at radius 3 is 2.43 bits per heavy atom. The Hall–Kier alpha value is -0.340. The lowest BCUT2D eigenvalue weighted by molar-refractivity contribution is -0.232. The summed E-state index contributed by atoms with van der Waals surface area (Å²) in [5.41, 5.74) is 1.21. The lowest BCUT2D eigenvalue weighted by Gasteiger charge is -2.49. The molecule has 0 bridgehead atoms. The zero-order valence-corrected chi connectivity index (χ0v) is 9.43. The van der Waals surface area contributed by atoms with E-state index in [0.717, 1.165) is 26.1 Å². The summed E-state index contributed by atoms with van der Waals surface area (Å²) < 4.78 is 11.7. The Balaban J connectivity index is 2.31. The summed E-state index contributed by atoms with van der Waals surface area (Å²) in [5, 5.41) is 0. The molecule has 1 saturated heterocycles. The first-order chi connectivity index (χ1) is 6.50. The van der Waals surface area contributed by atoms with Gasteiger partial charge in [-0.15, -0.1) is 0 Å². The zero-order chi connectivity index (χ0) is 10.4. The first-order valence-corrected chi connectivity index (χ1v) is 5.47. The van der Waals surface area contributed by atoms with Gasteiger partial charge in [0.1, 0.15) is 0 Å². The first-order valence-electron chi connectivity index (χ1n) is 5.47. The molecular weight excluding hydrogens is 176 g/mol. The zero-order valence-electron chi connectivity index (χ0n) is 9.43. The summed E-state index contributed by atoms with van der Waals surface area (Å²) in [4.78, 5) is 0. The Morgan fingerprint density at radius 2 is 1.86 bits per heavy atom. The van der Waals surface area contributed by atoms with Gasteiger partial charge < -0.3 is 9.47 Å². The van der Waals surface area contributed by atoms with Gasteiger partial charge in [-0.05, 0) is 12.3 Å². The molecule has 1 spiro atoms. The van der Waals surface area contributed by atoms with E-state index in [1.165, 1.54) is 5.57 Å². The van der Waals surface area contributed by atoms with Crippen LogP contribution in [-0.2, 0) is 9.47 Å². The lowest BCUT2D eigenvalue weighted by atomic mass is 9.65. The maximum atomic E-state index is 5.83. The summed E-state index contributed by atoms with van der Waals surface area (Å²) in [5.74, 6) is 0.208. The van der Waals surface area contributed by atoms with Crippen molar-refractivity contribution >= 4 is 0 Å². The molecule has 2 nitrogen and oxygen atoms in total. The second-order valence-corrected chi connectivity index (χ2v) is 5.04. The van der Waals surface area contributed by atoms with Crippen LogP contribution in [0.15, 0.2) is 12.2 Å². The minimum Gasteiger partial charge on any atom is -0.347 e. The van der Waals surface area contributed by atoms with E-state index in [9.17, 15) is 0 Å². The summed E-state index contributed by atoms with van der Waals surface area (Å²) in [6.45, 7) is 12.3. The highest BCUT2D eigenvalue weighted by atomic mass is 16.7. The average molecular weight is 196 g/mol. The van der Waals surface area contributed by atoms with Crippen LogP contribution >= 0.6 is 0 Å². The minimum atomic E-state index is -0.378. The molecule has 0 aromatic heterocycles. The van der Waals surface area contributed by atoms with Gasteiger partial charge in [-0.25, -0.2) is 0 Å². The van der Waals surface area contributed by atoms with Crippen LogP contribution in [0.3, 0.4) is 0 Å². The molecule has 1 saturated carbocycles. The van der Waals surface area contributed by atoms with Crippen LogP contribution < -0.4 is 0 Å².